The SMILES string of the molecule is Cc1ccc(C(=O)COCCC(C)C)c(C)c1. The highest BCUT2D eigenvalue weighted by Crippen LogP contribution is 2.11. The average Bonchev–Trinajstić information content (AvgIpc) is 2.23. The number of ether oxygens (including phenoxy) is 1. The second kappa shape index (κ2) is 6.55. The van der Waals surface area contributed by atoms with Crippen LogP contribution >= 0.6 is 0 Å². The van der Waals surface area contributed by atoms with E-state index in [4.69, 9.17) is 4.74 Å². The van der Waals surface area contributed by atoms with Crippen LogP contribution < -0.4 is 0 Å². The monoisotopic (exact) mass is 234 g/mol. The molecule has 17 heavy (non-hydrogen) atoms. The number of Topliss-reactive ketones (excluding diaryl/α,β-unsaturated/α-hetero) is 1. The van der Waals surface area contributed by atoms with Crippen molar-refractivity contribution >= 4 is 5.78 Å². The molecular formula is C15H22O2. The minimum atomic E-state index is 0.0752. The number of ketones is 1. The van der Waals surface area contributed by atoms with Gasteiger partial charge in [0.25, 0.3) is 0 Å². The van der Waals surface area contributed by atoms with Gasteiger partial charge in [0.05, 0.1) is 0 Å². The van der Waals surface area contributed by atoms with Crippen molar-refractivity contribution < 1.29 is 9.53 Å². The van der Waals surface area contributed by atoms with E-state index in [9.17, 15) is 4.79 Å². The summed E-state index contributed by atoms with van der Waals surface area (Å²) in [6, 6.07) is 5.88. The molecule has 0 fully saturated rings. The minimum absolute atomic E-state index is 0.0752. The van der Waals surface area contributed by atoms with Gasteiger partial charge in [0.15, 0.2) is 5.78 Å². The van der Waals surface area contributed by atoms with Crippen molar-refractivity contribution in [2.75, 3.05) is 13.2 Å². The van der Waals surface area contributed by atoms with Crippen LogP contribution in [0, 0.1) is 19.8 Å². The first-order valence-electron chi connectivity index (χ1n) is 6.19. The van der Waals surface area contributed by atoms with Crippen LogP contribution in [0.4, 0.5) is 0 Å². The zero-order valence-corrected chi connectivity index (χ0v) is 11.2. The van der Waals surface area contributed by atoms with Gasteiger partial charge >= 0.3 is 0 Å². The fourth-order valence-electron chi connectivity index (χ4n) is 1.69. The molecule has 0 saturated heterocycles. The molecule has 1 aromatic rings. The normalized spacial score (nSPS) is 10.9. The third kappa shape index (κ3) is 4.70. The lowest BCUT2D eigenvalue weighted by Gasteiger charge is -2.08. The van der Waals surface area contributed by atoms with Gasteiger partial charge in [-0.3, -0.25) is 4.79 Å². The average molecular weight is 234 g/mol. The Kier molecular flexibility index (Phi) is 5.36. The summed E-state index contributed by atoms with van der Waals surface area (Å²) in [7, 11) is 0. The van der Waals surface area contributed by atoms with Crippen LogP contribution in [-0.2, 0) is 4.74 Å². The van der Waals surface area contributed by atoms with Crippen molar-refractivity contribution in [1.82, 2.24) is 0 Å². The van der Waals surface area contributed by atoms with Crippen LogP contribution in [0.5, 0.6) is 0 Å². The van der Waals surface area contributed by atoms with Gasteiger partial charge in [-0.05, 0) is 31.7 Å². The summed E-state index contributed by atoms with van der Waals surface area (Å²) in [6.07, 6.45) is 1.00. The van der Waals surface area contributed by atoms with Crippen LogP contribution in [0.3, 0.4) is 0 Å². The maximum atomic E-state index is 11.9. The highest BCUT2D eigenvalue weighted by Gasteiger charge is 2.09. The van der Waals surface area contributed by atoms with Crippen molar-refractivity contribution in [2.24, 2.45) is 5.92 Å². The summed E-state index contributed by atoms with van der Waals surface area (Å²) in [4.78, 5) is 11.9. The number of hydrogen-bond acceptors (Lipinski definition) is 2. The Morgan fingerprint density at radius 2 is 2.00 bits per heavy atom. The van der Waals surface area contributed by atoms with Crippen molar-refractivity contribution in [3.63, 3.8) is 0 Å². The van der Waals surface area contributed by atoms with Gasteiger partial charge in [-0.1, -0.05) is 37.6 Å². The van der Waals surface area contributed by atoms with E-state index in [-0.39, 0.29) is 12.4 Å². The Morgan fingerprint density at radius 1 is 1.29 bits per heavy atom. The molecule has 2 heteroatoms. The van der Waals surface area contributed by atoms with Crippen molar-refractivity contribution in [3.8, 4) is 0 Å². The first-order chi connectivity index (χ1) is 8.00. The van der Waals surface area contributed by atoms with Crippen molar-refractivity contribution in [2.45, 2.75) is 34.1 Å². The Morgan fingerprint density at radius 3 is 2.59 bits per heavy atom. The number of aryl methyl sites for hydroxylation is 2. The number of carbonyl (C=O) groups excluding carboxylic acids is 1. The second-order valence-corrected chi connectivity index (χ2v) is 4.98. The van der Waals surface area contributed by atoms with Crippen LogP contribution in [-0.4, -0.2) is 19.0 Å². The number of benzene rings is 1. The highest BCUT2D eigenvalue weighted by molar-refractivity contribution is 5.98. The van der Waals surface area contributed by atoms with Crippen LogP contribution in [0.25, 0.3) is 0 Å². The van der Waals surface area contributed by atoms with E-state index in [1.54, 1.807) is 0 Å². The molecule has 0 aliphatic rings. The molecule has 0 bridgehead atoms. The molecule has 0 radical (unpaired) electrons. The van der Waals surface area contributed by atoms with E-state index in [1.807, 2.05) is 32.0 Å². The fourth-order valence-corrected chi connectivity index (χ4v) is 1.69. The molecule has 0 saturated carbocycles. The molecule has 94 valence electrons. The molecule has 0 aliphatic heterocycles. The molecular weight excluding hydrogens is 212 g/mol. The number of rotatable bonds is 6. The lowest BCUT2D eigenvalue weighted by atomic mass is 10.0. The zero-order valence-electron chi connectivity index (χ0n) is 11.2. The third-order valence-electron chi connectivity index (χ3n) is 2.76. The third-order valence-corrected chi connectivity index (χ3v) is 2.76. The molecule has 0 aromatic heterocycles. The van der Waals surface area contributed by atoms with E-state index in [0.717, 1.165) is 17.5 Å². The Bertz CT molecular complexity index is 381. The summed E-state index contributed by atoms with van der Waals surface area (Å²) in [5, 5.41) is 0. The molecule has 0 N–H and O–H groups in total. The lowest BCUT2D eigenvalue weighted by molar-refractivity contribution is 0.0739. The predicted octanol–water partition coefficient (Wildman–Crippen LogP) is 3.55. The van der Waals surface area contributed by atoms with Crippen LogP contribution in [0.2, 0.25) is 0 Å². The van der Waals surface area contributed by atoms with Crippen molar-refractivity contribution in [3.05, 3.63) is 34.9 Å². The predicted molar refractivity (Wildman–Crippen MR) is 70.5 cm³/mol. The number of carbonyl (C=O) groups is 1. The summed E-state index contributed by atoms with van der Waals surface area (Å²) >= 11 is 0. The quantitative estimate of drug-likeness (QED) is 0.556. The first kappa shape index (κ1) is 13.9. The highest BCUT2D eigenvalue weighted by atomic mass is 16.5. The van der Waals surface area contributed by atoms with Gasteiger partial charge in [-0.15, -0.1) is 0 Å². The molecule has 1 rings (SSSR count). The van der Waals surface area contributed by atoms with E-state index in [0.29, 0.717) is 12.5 Å². The maximum Gasteiger partial charge on any atom is 0.188 e. The minimum Gasteiger partial charge on any atom is -0.373 e. The van der Waals surface area contributed by atoms with Gasteiger partial charge in [0.2, 0.25) is 0 Å². The summed E-state index contributed by atoms with van der Waals surface area (Å²) in [5.74, 6) is 0.692. The van der Waals surface area contributed by atoms with Gasteiger partial charge < -0.3 is 4.74 Å². The standard InChI is InChI=1S/C15H22O2/c1-11(2)7-8-17-10-15(16)14-6-5-12(3)9-13(14)4/h5-6,9,11H,7-8,10H2,1-4H3. The molecule has 1 aromatic carbocycles. The fraction of sp³-hybridized carbons (Fsp3) is 0.533. The molecule has 2 nitrogen and oxygen atoms in total. The number of hydrogen-bond donors (Lipinski definition) is 0. The van der Waals surface area contributed by atoms with Crippen molar-refractivity contribution in [1.29, 1.82) is 0 Å². The summed E-state index contributed by atoms with van der Waals surface area (Å²) in [5.41, 5.74) is 2.99. The van der Waals surface area contributed by atoms with E-state index < -0.39 is 0 Å². The largest absolute Gasteiger partial charge is 0.373 e. The van der Waals surface area contributed by atoms with Crippen LogP contribution in [0.15, 0.2) is 18.2 Å². The van der Waals surface area contributed by atoms with Crippen LogP contribution in [0.1, 0.15) is 41.8 Å². The summed E-state index contributed by atoms with van der Waals surface area (Å²) in [6.45, 7) is 9.14. The summed E-state index contributed by atoms with van der Waals surface area (Å²) < 4.78 is 5.40. The van der Waals surface area contributed by atoms with Gasteiger partial charge in [-0.25, -0.2) is 0 Å². The smallest absolute Gasteiger partial charge is 0.188 e. The molecule has 0 spiro atoms. The van der Waals surface area contributed by atoms with Gasteiger partial charge in [0, 0.05) is 12.2 Å². The first-order valence-corrected chi connectivity index (χ1v) is 6.19. The van der Waals surface area contributed by atoms with E-state index >= 15 is 0 Å². The molecule has 0 amide bonds. The molecule has 0 atom stereocenters. The van der Waals surface area contributed by atoms with E-state index in [1.165, 1.54) is 5.56 Å². The topological polar surface area (TPSA) is 26.3 Å². The Hall–Kier alpha value is -1.15. The zero-order chi connectivity index (χ0) is 12.8. The molecule has 0 unspecified atom stereocenters. The molecule has 0 aliphatic carbocycles. The van der Waals surface area contributed by atoms with Gasteiger partial charge in [-0.2, -0.15) is 0 Å². The molecule has 0 heterocycles. The Labute approximate surface area is 104 Å². The van der Waals surface area contributed by atoms with Gasteiger partial charge in [0.1, 0.15) is 6.61 Å². The second-order valence-electron chi connectivity index (χ2n) is 4.98. The van der Waals surface area contributed by atoms with E-state index in [2.05, 4.69) is 13.8 Å². The lowest BCUT2D eigenvalue weighted by Crippen LogP contribution is -2.12. The Balaban J connectivity index is 2.47. The maximum absolute atomic E-state index is 11.9.